The van der Waals surface area contributed by atoms with Gasteiger partial charge in [-0.25, -0.2) is 4.39 Å². The van der Waals surface area contributed by atoms with Crippen molar-refractivity contribution in [3.8, 4) is 5.75 Å². The molecule has 2 aromatic heterocycles. The number of hydrogen-bond acceptors (Lipinski definition) is 6. The minimum Gasteiger partial charge on any atom is -0.487 e. The second-order valence-corrected chi connectivity index (χ2v) is 4.99. The van der Waals surface area contributed by atoms with Gasteiger partial charge in [-0.05, 0) is 25.1 Å². The molecule has 0 bridgehead atoms. The van der Waals surface area contributed by atoms with Crippen LogP contribution in [0.25, 0.3) is 0 Å². The maximum atomic E-state index is 13.1. The molecule has 24 heavy (non-hydrogen) atoms. The summed E-state index contributed by atoms with van der Waals surface area (Å²) >= 11 is 0. The van der Waals surface area contributed by atoms with E-state index in [-0.39, 0.29) is 24.0 Å². The van der Waals surface area contributed by atoms with Crippen molar-refractivity contribution in [1.82, 2.24) is 36.1 Å². The highest BCUT2D eigenvalue weighted by molar-refractivity contribution is 5.92. The van der Waals surface area contributed by atoms with Crippen LogP contribution in [0.4, 0.5) is 4.39 Å². The van der Waals surface area contributed by atoms with Crippen molar-refractivity contribution in [2.45, 2.75) is 19.6 Å². The van der Waals surface area contributed by atoms with Gasteiger partial charge in [0.25, 0.3) is 5.91 Å². The molecule has 0 radical (unpaired) electrons. The summed E-state index contributed by atoms with van der Waals surface area (Å²) in [7, 11) is 0. The van der Waals surface area contributed by atoms with Crippen molar-refractivity contribution in [3.63, 3.8) is 0 Å². The van der Waals surface area contributed by atoms with E-state index in [0.717, 1.165) is 0 Å². The molecule has 124 valence electrons. The summed E-state index contributed by atoms with van der Waals surface area (Å²) in [6, 6.07) is 6.93. The topological polar surface area (TPSA) is 121 Å². The normalized spacial score (nSPS) is 11.9. The zero-order chi connectivity index (χ0) is 16.9. The number of aromatic amines is 2. The molecule has 9 nitrogen and oxygen atoms in total. The van der Waals surface area contributed by atoms with E-state index in [1.165, 1.54) is 12.1 Å². The Balaban J connectivity index is 1.57. The molecular formula is C14H14FN7O2. The van der Waals surface area contributed by atoms with E-state index < -0.39 is 6.04 Å². The zero-order valence-corrected chi connectivity index (χ0v) is 12.7. The summed E-state index contributed by atoms with van der Waals surface area (Å²) in [5.41, 5.74) is 0.778. The predicted octanol–water partition coefficient (Wildman–Crippen LogP) is 1.13. The van der Waals surface area contributed by atoms with Crippen LogP contribution in [0.15, 0.2) is 30.3 Å². The minimum atomic E-state index is -0.417. The molecule has 0 aliphatic carbocycles. The summed E-state index contributed by atoms with van der Waals surface area (Å²) in [5, 5.41) is 22.7. The number of H-pyrrole nitrogens is 2. The van der Waals surface area contributed by atoms with Crippen molar-refractivity contribution < 1.29 is 13.9 Å². The van der Waals surface area contributed by atoms with Gasteiger partial charge in [-0.15, -0.1) is 10.2 Å². The second-order valence-electron chi connectivity index (χ2n) is 4.99. The fraction of sp³-hybridized carbons (Fsp3) is 0.214. The Labute approximate surface area is 135 Å². The molecule has 0 saturated carbocycles. The molecule has 1 atom stereocenters. The third kappa shape index (κ3) is 3.72. The third-order valence-electron chi connectivity index (χ3n) is 3.15. The first-order chi connectivity index (χ1) is 11.6. The fourth-order valence-corrected chi connectivity index (χ4v) is 1.96. The maximum absolute atomic E-state index is 13.1. The SMILES string of the molecule is C[C@H](NC(=O)c1cc(COc2cccc(F)c2)[nH]n1)c1nn[nH]n1. The van der Waals surface area contributed by atoms with E-state index in [4.69, 9.17) is 4.74 Å². The smallest absolute Gasteiger partial charge is 0.272 e. The number of ether oxygens (including phenoxy) is 1. The number of nitrogens with one attached hydrogen (secondary N) is 3. The lowest BCUT2D eigenvalue weighted by Gasteiger charge is -2.07. The number of nitrogens with zero attached hydrogens (tertiary/aromatic N) is 4. The number of rotatable bonds is 6. The molecule has 2 heterocycles. The van der Waals surface area contributed by atoms with Gasteiger partial charge in [-0.2, -0.15) is 10.3 Å². The molecule has 0 saturated heterocycles. The monoisotopic (exact) mass is 331 g/mol. The summed E-state index contributed by atoms with van der Waals surface area (Å²) in [6.07, 6.45) is 0. The summed E-state index contributed by atoms with van der Waals surface area (Å²) in [6.45, 7) is 1.85. The van der Waals surface area contributed by atoms with E-state index in [9.17, 15) is 9.18 Å². The van der Waals surface area contributed by atoms with Crippen LogP contribution in [0.3, 0.4) is 0 Å². The average molecular weight is 331 g/mol. The highest BCUT2D eigenvalue weighted by Crippen LogP contribution is 2.14. The standard InChI is InChI=1S/C14H14FN7O2/c1-8(13-19-21-22-20-13)16-14(23)12-6-10(17-18-12)7-24-11-4-2-3-9(15)5-11/h2-6,8H,7H2,1H3,(H,16,23)(H,17,18)(H,19,20,21,22)/t8-/m0/s1. The Morgan fingerprint density at radius 1 is 1.38 bits per heavy atom. The molecule has 3 rings (SSSR count). The molecule has 0 spiro atoms. The Morgan fingerprint density at radius 2 is 2.25 bits per heavy atom. The van der Waals surface area contributed by atoms with Gasteiger partial charge in [0.15, 0.2) is 5.82 Å². The van der Waals surface area contributed by atoms with Gasteiger partial charge in [0, 0.05) is 6.07 Å². The molecule has 1 aromatic carbocycles. The Morgan fingerprint density at radius 3 is 3.00 bits per heavy atom. The molecule has 0 unspecified atom stereocenters. The lowest BCUT2D eigenvalue weighted by atomic mass is 10.3. The summed E-state index contributed by atoms with van der Waals surface area (Å²) in [4.78, 5) is 12.1. The van der Waals surface area contributed by atoms with Gasteiger partial charge in [0.1, 0.15) is 23.9 Å². The van der Waals surface area contributed by atoms with Crippen molar-refractivity contribution in [1.29, 1.82) is 0 Å². The fourth-order valence-electron chi connectivity index (χ4n) is 1.96. The number of amides is 1. The first-order valence-corrected chi connectivity index (χ1v) is 7.08. The Bertz CT molecular complexity index is 818. The van der Waals surface area contributed by atoms with Crippen LogP contribution in [0.1, 0.15) is 35.0 Å². The van der Waals surface area contributed by atoms with Crippen molar-refractivity contribution in [2.75, 3.05) is 0 Å². The summed E-state index contributed by atoms with van der Waals surface area (Å²) in [5.74, 6) is -0.0111. The van der Waals surface area contributed by atoms with Crippen LogP contribution in [-0.4, -0.2) is 36.7 Å². The molecule has 0 aliphatic heterocycles. The second kappa shape index (κ2) is 6.86. The van der Waals surface area contributed by atoms with Crippen LogP contribution < -0.4 is 10.1 Å². The van der Waals surface area contributed by atoms with Crippen LogP contribution in [0, 0.1) is 5.82 Å². The van der Waals surface area contributed by atoms with Crippen LogP contribution >= 0.6 is 0 Å². The van der Waals surface area contributed by atoms with Crippen LogP contribution in [-0.2, 0) is 6.61 Å². The largest absolute Gasteiger partial charge is 0.487 e. The highest BCUT2D eigenvalue weighted by atomic mass is 19.1. The van der Waals surface area contributed by atoms with E-state index in [2.05, 4.69) is 36.1 Å². The van der Waals surface area contributed by atoms with Crippen LogP contribution in [0.5, 0.6) is 5.75 Å². The molecule has 10 heteroatoms. The number of hydrogen-bond donors (Lipinski definition) is 3. The molecular weight excluding hydrogens is 317 g/mol. The molecule has 0 fully saturated rings. The minimum absolute atomic E-state index is 0.129. The van der Waals surface area contributed by atoms with Crippen LogP contribution in [0.2, 0.25) is 0 Å². The lowest BCUT2D eigenvalue weighted by molar-refractivity contribution is 0.0933. The molecule has 1 amide bonds. The first-order valence-electron chi connectivity index (χ1n) is 7.08. The van der Waals surface area contributed by atoms with E-state index >= 15 is 0 Å². The van der Waals surface area contributed by atoms with Gasteiger partial charge >= 0.3 is 0 Å². The number of aromatic nitrogens is 6. The number of tetrazole rings is 1. The van der Waals surface area contributed by atoms with Gasteiger partial charge in [-0.1, -0.05) is 11.3 Å². The number of carbonyl (C=O) groups excluding carboxylic acids is 1. The first kappa shape index (κ1) is 15.6. The van der Waals surface area contributed by atoms with E-state index in [0.29, 0.717) is 17.3 Å². The van der Waals surface area contributed by atoms with E-state index in [1.807, 2.05) is 0 Å². The van der Waals surface area contributed by atoms with Gasteiger partial charge in [0.2, 0.25) is 0 Å². The third-order valence-corrected chi connectivity index (χ3v) is 3.15. The van der Waals surface area contributed by atoms with Crippen molar-refractivity contribution in [3.05, 3.63) is 53.4 Å². The zero-order valence-electron chi connectivity index (χ0n) is 12.7. The van der Waals surface area contributed by atoms with Gasteiger partial charge in [-0.3, -0.25) is 9.89 Å². The number of benzene rings is 1. The predicted molar refractivity (Wildman–Crippen MR) is 79.4 cm³/mol. The van der Waals surface area contributed by atoms with E-state index in [1.54, 1.807) is 25.1 Å². The average Bonchev–Trinajstić information content (AvgIpc) is 3.25. The lowest BCUT2D eigenvalue weighted by Crippen LogP contribution is -2.27. The maximum Gasteiger partial charge on any atom is 0.272 e. The highest BCUT2D eigenvalue weighted by Gasteiger charge is 2.17. The van der Waals surface area contributed by atoms with Crippen molar-refractivity contribution >= 4 is 5.91 Å². The molecule has 3 aromatic rings. The molecule has 3 N–H and O–H groups in total. The summed E-state index contributed by atoms with van der Waals surface area (Å²) < 4.78 is 18.5. The van der Waals surface area contributed by atoms with Crippen molar-refractivity contribution in [2.24, 2.45) is 0 Å². The Hall–Kier alpha value is -3.30. The quantitative estimate of drug-likeness (QED) is 0.622. The van der Waals surface area contributed by atoms with Gasteiger partial charge in [0.05, 0.1) is 11.7 Å². The Kier molecular flexibility index (Phi) is 4.45. The van der Waals surface area contributed by atoms with Gasteiger partial charge < -0.3 is 10.1 Å². The number of halogens is 1. The molecule has 0 aliphatic rings. The number of carbonyl (C=O) groups is 1.